The van der Waals surface area contributed by atoms with Gasteiger partial charge in [0, 0.05) is 12.9 Å². The van der Waals surface area contributed by atoms with Crippen molar-refractivity contribution in [3.8, 4) is 0 Å². The van der Waals surface area contributed by atoms with E-state index in [0.717, 1.165) is 18.5 Å². The summed E-state index contributed by atoms with van der Waals surface area (Å²) in [6.45, 7) is 1.32. The van der Waals surface area contributed by atoms with E-state index in [4.69, 9.17) is 27.9 Å². The van der Waals surface area contributed by atoms with E-state index in [9.17, 15) is 8.42 Å². The minimum absolute atomic E-state index is 0.0257. The second kappa shape index (κ2) is 6.62. The summed E-state index contributed by atoms with van der Waals surface area (Å²) in [5.41, 5.74) is 0.836. The van der Waals surface area contributed by atoms with Crippen LogP contribution in [0.4, 0.5) is 0 Å². The second-order valence-electron chi connectivity index (χ2n) is 4.97. The SMILES string of the molecule is CS(=O)(=O)C[C@H]1NCCCO[C@@H]1c1ccc(Cl)c(Cl)c1. The van der Waals surface area contributed by atoms with Gasteiger partial charge in [-0.1, -0.05) is 29.3 Å². The van der Waals surface area contributed by atoms with E-state index < -0.39 is 9.84 Å². The Hall–Kier alpha value is -0.330. The number of rotatable bonds is 3. The maximum absolute atomic E-state index is 11.6. The predicted molar refractivity (Wildman–Crippen MR) is 81.3 cm³/mol. The summed E-state index contributed by atoms with van der Waals surface area (Å²) < 4.78 is 28.9. The highest BCUT2D eigenvalue weighted by atomic mass is 35.5. The molecule has 2 rings (SSSR count). The van der Waals surface area contributed by atoms with Crippen LogP contribution in [0.1, 0.15) is 18.1 Å². The molecule has 2 atom stereocenters. The van der Waals surface area contributed by atoms with Gasteiger partial charge in [0.25, 0.3) is 0 Å². The number of sulfone groups is 1. The van der Waals surface area contributed by atoms with Gasteiger partial charge in [-0.2, -0.15) is 0 Å². The Morgan fingerprint density at radius 2 is 2.10 bits per heavy atom. The zero-order valence-electron chi connectivity index (χ0n) is 11.1. The molecule has 0 spiro atoms. The fourth-order valence-electron chi connectivity index (χ4n) is 2.28. The van der Waals surface area contributed by atoms with Gasteiger partial charge in [0.15, 0.2) is 0 Å². The van der Waals surface area contributed by atoms with E-state index in [0.29, 0.717) is 16.7 Å². The fourth-order valence-corrected chi connectivity index (χ4v) is 3.54. The second-order valence-corrected chi connectivity index (χ2v) is 7.97. The molecule has 1 heterocycles. The van der Waals surface area contributed by atoms with Gasteiger partial charge in [-0.25, -0.2) is 8.42 Å². The average Bonchev–Trinajstić information content (AvgIpc) is 2.56. The summed E-state index contributed by atoms with van der Waals surface area (Å²) in [4.78, 5) is 0. The van der Waals surface area contributed by atoms with E-state index in [1.165, 1.54) is 6.26 Å². The third-order valence-corrected chi connectivity index (χ3v) is 4.85. The van der Waals surface area contributed by atoms with Gasteiger partial charge in [-0.15, -0.1) is 0 Å². The summed E-state index contributed by atoms with van der Waals surface area (Å²) in [5, 5.41) is 4.15. The van der Waals surface area contributed by atoms with Gasteiger partial charge in [-0.3, -0.25) is 0 Å². The lowest BCUT2D eigenvalue weighted by atomic mass is 10.0. The van der Waals surface area contributed by atoms with E-state index in [1.54, 1.807) is 12.1 Å². The van der Waals surface area contributed by atoms with Crippen LogP contribution in [0.25, 0.3) is 0 Å². The molecule has 112 valence electrons. The molecule has 20 heavy (non-hydrogen) atoms. The lowest BCUT2D eigenvalue weighted by Gasteiger charge is -2.25. The molecule has 1 fully saturated rings. The van der Waals surface area contributed by atoms with Crippen molar-refractivity contribution < 1.29 is 13.2 Å². The molecule has 1 N–H and O–H groups in total. The maximum atomic E-state index is 11.6. The molecule has 0 bridgehead atoms. The molecule has 1 aromatic carbocycles. The molecule has 0 unspecified atom stereocenters. The van der Waals surface area contributed by atoms with Gasteiger partial charge in [-0.05, 0) is 30.7 Å². The van der Waals surface area contributed by atoms with Crippen LogP contribution in [-0.2, 0) is 14.6 Å². The zero-order valence-corrected chi connectivity index (χ0v) is 13.4. The van der Waals surface area contributed by atoms with Crippen LogP contribution >= 0.6 is 23.2 Å². The van der Waals surface area contributed by atoms with Crippen LogP contribution in [0.15, 0.2) is 18.2 Å². The number of ether oxygens (including phenoxy) is 1. The molecule has 4 nitrogen and oxygen atoms in total. The largest absolute Gasteiger partial charge is 0.372 e. The minimum Gasteiger partial charge on any atom is -0.372 e. The Morgan fingerprint density at radius 3 is 2.75 bits per heavy atom. The first-order valence-electron chi connectivity index (χ1n) is 6.34. The third-order valence-electron chi connectivity index (χ3n) is 3.14. The molecule has 1 aliphatic heterocycles. The van der Waals surface area contributed by atoms with Crippen molar-refractivity contribution in [3.63, 3.8) is 0 Å². The van der Waals surface area contributed by atoms with E-state index in [2.05, 4.69) is 5.32 Å². The highest BCUT2D eigenvalue weighted by molar-refractivity contribution is 7.90. The third kappa shape index (κ3) is 4.33. The van der Waals surface area contributed by atoms with E-state index in [-0.39, 0.29) is 17.9 Å². The summed E-state index contributed by atoms with van der Waals surface area (Å²) in [6, 6.07) is 4.97. The molecule has 1 aliphatic rings. The van der Waals surface area contributed by atoms with Crippen LogP contribution in [0, 0.1) is 0 Å². The normalized spacial score (nSPS) is 24.4. The van der Waals surface area contributed by atoms with Crippen LogP contribution < -0.4 is 5.32 Å². The number of hydrogen-bond acceptors (Lipinski definition) is 4. The smallest absolute Gasteiger partial charge is 0.149 e. The van der Waals surface area contributed by atoms with E-state index in [1.807, 2.05) is 6.07 Å². The summed E-state index contributed by atoms with van der Waals surface area (Å²) in [7, 11) is -3.10. The van der Waals surface area contributed by atoms with Gasteiger partial charge in [0.05, 0.1) is 27.9 Å². The van der Waals surface area contributed by atoms with Gasteiger partial charge < -0.3 is 10.1 Å². The molecule has 0 aliphatic carbocycles. The highest BCUT2D eigenvalue weighted by Crippen LogP contribution is 2.30. The molecular weight excluding hydrogens is 321 g/mol. The van der Waals surface area contributed by atoms with Crippen molar-refractivity contribution in [2.24, 2.45) is 0 Å². The molecule has 0 aromatic heterocycles. The van der Waals surface area contributed by atoms with Crippen molar-refractivity contribution in [1.29, 1.82) is 0 Å². The van der Waals surface area contributed by atoms with Crippen LogP contribution in [0.2, 0.25) is 10.0 Å². The van der Waals surface area contributed by atoms with E-state index >= 15 is 0 Å². The van der Waals surface area contributed by atoms with Gasteiger partial charge in [0.1, 0.15) is 9.84 Å². The number of halogens is 2. The monoisotopic (exact) mass is 337 g/mol. The molecule has 1 aromatic rings. The Balaban J connectivity index is 2.29. The van der Waals surface area contributed by atoms with Crippen LogP contribution in [-0.4, -0.2) is 39.6 Å². The minimum atomic E-state index is -3.10. The Bertz CT molecular complexity index is 577. The van der Waals surface area contributed by atoms with Crippen molar-refractivity contribution in [2.45, 2.75) is 18.6 Å². The van der Waals surface area contributed by atoms with Crippen molar-refractivity contribution >= 4 is 33.0 Å². The lowest BCUT2D eigenvalue weighted by molar-refractivity contribution is 0.0469. The molecule has 0 amide bonds. The van der Waals surface area contributed by atoms with Crippen molar-refractivity contribution in [3.05, 3.63) is 33.8 Å². The lowest BCUT2D eigenvalue weighted by Crippen LogP contribution is -2.40. The molecule has 1 saturated heterocycles. The number of nitrogens with one attached hydrogen (secondary N) is 1. The predicted octanol–water partition coefficient (Wildman–Crippen LogP) is 2.46. The maximum Gasteiger partial charge on any atom is 0.149 e. The van der Waals surface area contributed by atoms with Crippen molar-refractivity contribution in [1.82, 2.24) is 5.32 Å². The Kier molecular flexibility index (Phi) is 5.31. The summed E-state index contributed by atoms with van der Waals surface area (Å²) >= 11 is 11.9. The average molecular weight is 338 g/mol. The zero-order chi connectivity index (χ0) is 14.8. The summed E-state index contributed by atoms with van der Waals surface area (Å²) in [6.07, 6.45) is 1.73. The number of hydrogen-bond donors (Lipinski definition) is 1. The molecule has 0 radical (unpaired) electrons. The fraction of sp³-hybridized carbons (Fsp3) is 0.538. The standard InChI is InChI=1S/C13H17Cl2NO3S/c1-20(17,18)8-12-13(19-6-2-5-16-12)9-3-4-10(14)11(15)7-9/h3-4,7,12-13,16H,2,5-6,8H2,1H3/t12-,13-/m1/s1. The first-order valence-corrected chi connectivity index (χ1v) is 9.16. The Labute approximate surface area is 129 Å². The van der Waals surface area contributed by atoms with Crippen molar-refractivity contribution in [2.75, 3.05) is 25.2 Å². The highest BCUT2D eigenvalue weighted by Gasteiger charge is 2.29. The molecular formula is C13H17Cl2NO3S. The first-order chi connectivity index (χ1) is 9.37. The van der Waals surface area contributed by atoms with Crippen LogP contribution in [0.3, 0.4) is 0 Å². The Morgan fingerprint density at radius 1 is 1.35 bits per heavy atom. The van der Waals surface area contributed by atoms with Gasteiger partial charge in [0.2, 0.25) is 0 Å². The topological polar surface area (TPSA) is 55.4 Å². The quantitative estimate of drug-likeness (QED) is 0.920. The number of benzene rings is 1. The molecule has 0 saturated carbocycles. The molecule has 7 heteroatoms. The van der Waals surface area contributed by atoms with Gasteiger partial charge >= 0.3 is 0 Å². The first kappa shape index (κ1) is 16.0. The summed E-state index contributed by atoms with van der Waals surface area (Å²) in [5.74, 6) is 0.0257. The van der Waals surface area contributed by atoms with Crippen LogP contribution in [0.5, 0.6) is 0 Å².